The van der Waals surface area contributed by atoms with Crippen molar-refractivity contribution in [1.82, 2.24) is 4.98 Å². The van der Waals surface area contributed by atoms with E-state index in [2.05, 4.69) is 4.98 Å². The van der Waals surface area contributed by atoms with Gasteiger partial charge in [-0.1, -0.05) is 0 Å². The highest BCUT2D eigenvalue weighted by atomic mass is 19.1. The van der Waals surface area contributed by atoms with Gasteiger partial charge < -0.3 is 15.5 Å². The predicted octanol–water partition coefficient (Wildman–Crippen LogP) is 1.46. The molecule has 0 spiro atoms. The number of benzene rings is 1. The molecule has 2 aromatic rings. The molecule has 0 amide bonds. The lowest BCUT2D eigenvalue weighted by Gasteiger charge is -1.99. The van der Waals surface area contributed by atoms with Crippen LogP contribution in [0.5, 0.6) is 5.88 Å². The lowest BCUT2D eigenvalue weighted by atomic mass is 10.1. The van der Waals surface area contributed by atoms with Gasteiger partial charge in [-0.15, -0.1) is 0 Å². The number of hydrogen-bond donors (Lipinski definition) is 2. The van der Waals surface area contributed by atoms with Crippen molar-refractivity contribution in [2.75, 3.05) is 13.2 Å². The molecule has 0 atom stereocenters. The number of aromatic amines is 1. The van der Waals surface area contributed by atoms with E-state index in [0.29, 0.717) is 36.2 Å². The largest absolute Gasteiger partial charge is 0.478 e. The Morgan fingerprint density at radius 3 is 2.94 bits per heavy atom. The van der Waals surface area contributed by atoms with Crippen LogP contribution in [0.1, 0.15) is 10.4 Å². The molecule has 0 aliphatic rings. The summed E-state index contributed by atoms with van der Waals surface area (Å²) in [5.74, 6) is 0.0353. The minimum absolute atomic E-state index is 0.276. The molecule has 1 heterocycles. The smallest absolute Gasteiger partial charge is 0.191 e. The Labute approximate surface area is 91.2 Å². The molecule has 84 valence electrons. The number of hydrogen-bond acceptors (Lipinski definition) is 3. The summed E-state index contributed by atoms with van der Waals surface area (Å²) in [5, 5.41) is 0.606. The molecule has 1 aromatic carbocycles. The Kier molecular flexibility index (Phi) is 2.87. The summed E-state index contributed by atoms with van der Waals surface area (Å²) in [7, 11) is 0. The van der Waals surface area contributed by atoms with Crippen molar-refractivity contribution in [3.8, 4) is 5.88 Å². The average Bonchev–Trinajstić information content (AvgIpc) is 2.67. The van der Waals surface area contributed by atoms with Crippen LogP contribution >= 0.6 is 0 Å². The number of nitrogens with one attached hydrogen (secondary N) is 1. The molecule has 0 saturated heterocycles. The number of nitrogens with two attached hydrogens (primary N) is 1. The number of carbonyl (C=O) groups excluding carboxylic acids is 1. The second-order valence-electron chi connectivity index (χ2n) is 3.35. The molecule has 0 unspecified atom stereocenters. The Bertz CT molecular complexity index is 522. The summed E-state index contributed by atoms with van der Waals surface area (Å²) in [6.07, 6.45) is 0.606. The van der Waals surface area contributed by atoms with Crippen LogP contribution in [0.2, 0.25) is 0 Å². The first-order chi connectivity index (χ1) is 7.74. The molecule has 16 heavy (non-hydrogen) atoms. The maximum atomic E-state index is 13.1. The summed E-state index contributed by atoms with van der Waals surface area (Å²) in [6, 6.07) is 4.16. The van der Waals surface area contributed by atoms with E-state index in [9.17, 15) is 9.18 Å². The number of aldehydes is 1. The van der Waals surface area contributed by atoms with Crippen molar-refractivity contribution in [3.05, 3.63) is 29.6 Å². The van der Waals surface area contributed by atoms with Gasteiger partial charge in [-0.05, 0) is 12.1 Å². The van der Waals surface area contributed by atoms with Gasteiger partial charge >= 0.3 is 0 Å². The molecule has 0 bridgehead atoms. The van der Waals surface area contributed by atoms with Crippen molar-refractivity contribution in [2.24, 2.45) is 5.73 Å². The SMILES string of the molecule is NCCOc1cc2cc(F)cc(C=O)c2[nH]1. The Morgan fingerprint density at radius 1 is 1.44 bits per heavy atom. The molecular weight excluding hydrogens is 211 g/mol. The number of ether oxygens (including phenoxy) is 1. The van der Waals surface area contributed by atoms with Gasteiger partial charge in [-0.3, -0.25) is 4.79 Å². The molecule has 0 aliphatic carbocycles. The highest BCUT2D eigenvalue weighted by Gasteiger charge is 2.08. The zero-order valence-corrected chi connectivity index (χ0v) is 8.50. The summed E-state index contributed by atoms with van der Waals surface area (Å²) in [4.78, 5) is 13.6. The minimum atomic E-state index is -0.445. The zero-order chi connectivity index (χ0) is 11.5. The number of halogens is 1. The van der Waals surface area contributed by atoms with E-state index in [1.807, 2.05) is 0 Å². The van der Waals surface area contributed by atoms with Crippen LogP contribution in [0.15, 0.2) is 18.2 Å². The number of H-pyrrole nitrogens is 1. The number of rotatable bonds is 4. The number of carbonyl (C=O) groups is 1. The van der Waals surface area contributed by atoms with E-state index in [1.165, 1.54) is 12.1 Å². The molecule has 2 rings (SSSR count). The first-order valence-electron chi connectivity index (χ1n) is 4.85. The molecule has 0 radical (unpaired) electrons. The van der Waals surface area contributed by atoms with E-state index >= 15 is 0 Å². The Hall–Kier alpha value is -1.88. The lowest BCUT2D eigenvalue weighted by Crippen LogP contribution is -2.10. The van der Waals surface area contributed by atoms with E-state index in [-0.39, 0.29) is 5.56 Å². The van der Waals surface area contributed by atoms with Gasteiger partial charge in [0, 0.05) is 23.6 Å². The molecule has 4 nitrogen and oxygen atoms in total. The third kappa shape index (κ3) is 1.90. The second-order valence-corrected chi connectivity index (χ2v) is 3.35. The molecule has 3 N–H and O–H groups in total. The average molecular weight is 222 g/mol. The van der Waals surface area contributed by atoms with Gasteiger partial charge in [0.1, 0.15) is 12.4 Å². The van der Waals surface area contributed by atoms with Gasteiger partial charge in [-0.25, -0.2) is 4.39 Å². The molecule has 5 heteroatoms. The van der Waals surface area contributed by atoms with Gasteiger partial charge in [0.25, 0.3) is 0 Å². The van der Waals surface area contributed by atoms with Crippen molar-refractivity contribution in [3.63, 3.8) is 0 Å². The fourth-order valence-electron chi connectivity index (χ4n) is 1.55. The standard InChI is InChI=1S/C11H11FN2O2/c12-9-3-7-5-10(16-2-1-13)14-11(7)8(4-9)6-15/h3-6,14H,1-2,13H2. The summed E-state index contributed by atoms with van der Waals surface area (Å²) >= 11 is 0. The minimum Gasteiger partial charge on any atom is -0.478 e. The van der Waals surface area contributed by atoms with Crippen molar-refractivity contribution in [2.45, 2.75) is 0 Å². The van der Waals surface area contributed by atoms with Crippen LogP contribution < -0.4 is 10.5 Å². The van der Waals surface area contributed by atoms with Crippen LogP contribution in [0.4, 0.5) is 4.39 Å². The van der Waals surface area contributed by atoms with Crippen LogP contribution in [-0.4, -0.2) is 24.4 Å². The van der Waals surface area contributed by atoms with Crippen molar-refractivity contribution >= 4 is 17.2 Å². The monoisotopic (exact) mass is 222 g/mol. The first kappa shape index (κ1) is 10.6. The van der Waals surface area contributed by atoms with Gasteiger partial charge in [-0.2, -0.15) is 0 Å². The van der Waals surface area contributed by atoms with Crippen molar-refractivity contribution < 1.29 is 13.9 Å². The fraction of sp³-hybridized carbons (Fsp3) is 0.182. The topological polar surface area (TPSA) is 68.1 Å². The summed E-state index contributed by atoms with van der Waals surface area (Å²) < 4.78 is 18.4. The highest BCUT2D eigenvalue weighted by Crippen LogP contribution is 2.24. The molecule has 0 saturated carbocycles. The normalized spacial score (nSPS) is 10.6. The first-order valence-corrected chi connectivity index (χ1v) is 4.85. The predicted molar refractivity (Wildman–Crippen MR) is 58.2 cm³/mol. The Morgan fingerprint density at radius 2 is 2.25 bits per heavy atom. The highest BCUT2D eigenvalue weighted by molar-refractivity contribution is 5.96. The van der Waals surface area contributed by atoms with Crippen LogP contribution in [0.25, 0.3) is 10.9 Å². The van der Waals surface area contributed by atoms with Gasteiger partial charge in [0.05, 0.1) is 5.52 Å². The quantitative estimate of drug-likeness (QED) is 0.769. The summed E-state index contributed by atoms with van der Waals surface area (Å²) in [5.41, 5.74) is 6.14. The van der Waals surface area contributed by atoms with E-state index in [1.54, 1.807) is 6.07 Å². The zero-order valence-electron chi connectivity index (χ0n) is 8.50. The second kappa shape index (κ2) is 4.32. The van der Waals surface area contributed by atoms with Gasteiger partial charge in [0.2, 0.25) is 0 Å². The van der Waals surface area contributed by atoms with Crippen LogP contribution in [0.3, 0.4) is 0 Å². The third-order valence-electron chi connectivity index (χ3n) is 2.20. The van der Waals surface area contributed by atoms with E-state index in [0.717, 1.165) is 0 Å². The maximum Gasteiger partial charge on any atom is 0.191 e. The van der Waals surface area contributed by atoms with E-state index < -0.39 is 5.82 Å². The fourth-order valence-corrected chi connectivity index (χ4v) is 1.55. The maximum absolute atomic E-state index is 13.1. The molecule has 1 aromatic heterocycles. The van der Waals surface area contributed by atoms with Crippen LogP contribution in [-0.2, 0) is 0 Å². The van der Waals surface area contributed by atoms with E-state index in [4.69, 9.17) is 10.5 Å². The van der Waals surface area contributed by atoms with Crippen molar-refractivity contribution in [1.29, 1.82) is 0 Å². The lowest BCUT2D eigenvalue weighted by molar-refractivity contribution is 0.112. The Balaban J connectivity index is 2.47. The van der Waals surface area contributed by atoms with Gasteiger partial charge in [0.15, 0.2) is 12.2 Å². The molecular formula is C11H11FN2O2. The summed E-state index contributed by atoms with van der Waals surface area (Å²) in [6.45, 7) is 0.760. The number of aromatic nitrogens is 1. The number of fused-ring (bicyclic) bond motifs is 1. The molecule has 0 aliphatic heterocycles. The van der Waals surface area contributed by atoms with Crippen LogP contribution in [0, 0.1) is 5.82 Å². The molecule has 0 fully saturated rings. The third-order valence-corrected chi connectivity index (χ3v) is 2.20.